The first kappa shape index (κ1) is 16.7. The average Bonchev–Trinajstić information content (AvgIpc) is 3.05. The number of para-hydroxylation sites is 1. The molecular formula is C19H18FN3O2. The number of ether oxygens (including phenoxy) is 2. The van der Waals surface area contributed by atoms with Crippen LogP contribution in [-0.2, 0) is 6.54 Å². The van der Waals surface area contributed by atoms with Gasteiger partial charge in [-0.25, -0.2) is 4.39 Å². The Kier molecular flexibility index (Phi) is 4.75. The van der Waals surface area contributed by atoms with E-state index in [-0.39, 0.29) is 5.82 Å². The number of methoxy groups -OCH3 is 2. The first-order valence-electron chi connectivity index (χ1n) is 7.75. The zero-order valence-electron chi connectivity index (χ0n) is 14.1. The summed E-state index contributed by atoms with van der Waals surface area (Å²) in [6.07, 6.45) is 1.73. The van der Waals surface area contributed by atoms with Gasteiger partial charge in [-0.15, -0.1) is 0 Å². The zero-order valence-corrected chi connectivity index (χ0v) is 14.1. The molecule has 2 aromatic rings. The van der Waals surface area contributed by atoms with E-state index >= 15 is 0 Å². The van der Waals surface area contributed by atoms with Crippen molar-refractivity contribution in [2.45, 2.75) is 6.54 Å². The Morgan fingerprint density at radius 2 is 1.96 bits per heavy atom. The second kappa shape index (κ2) is 7.14. The molecule has 0 spiro atoms. The van der Waals surface area contributed by atoms with E-state index in [9.17, 15) is 9.65 Å². The third-order valence-corrected chi connectivity index (χ3v) is 4.04. The van der Waals surface area contributed by atoms with Crippen LogP contribution >= 0.6 is 0 Å². The highest BCUT2D eigenvalue weighted by atomic mass is 19.1. The highest BCUT2D eigenvalue weighted by molar-refractivity contribution is 5.58. The number of nitrogens with zero attached hydrogens (tertiary/aromatic N) is 3. The van der Waals surface area contributed by atoms with Crippen LogP contribution in [0.15, 0.2) is 54.4 Å². The molecule has 0 radical (unpaired) electrons. The van der Waals surface area contributed by atoms with Crippen molar-refractivity contribution < 1.29 is 13.9 Å². The van der Waals surface area contributed by atoms with Crippen molar-refractivity contribution in [1.82, 2.24) is 4.90 Å². The minimum Gasteiger partial charge on any atom is -0.497 e. The summed E-state index contributed by atoms with van der Waals surface area (Å²) >= 11 is 0. The monoisotopic (exact) mass is 339 g/mol. The number of halogens is 1. The molecule has 0 bridgehead atoms. The van der Waals surface area contributed by atoms with Gasteiger partial charge >= 0.3 is 0 Å². The molecule has 0 aliphatic carbocycles. The molecule has 0 unspecified atom stereocenters. The third kappa shape index (κ3) is 3.36. The molecule has 1 heterocycles. The van der Waals surface area contributed by atoms with Crippen LogP contribution in [-0.4, -0.2) is 25.8 Å². The fourth-order valence-corrected chi connectivity index (χ4v) is 2.80. The number of rotatable bonds is 5. The Bertz CT molecular complexity index is 845. The quantitative estimate of drug-likeness (QED) is 0.835. The van der Waals surface area contributed by atoms with Crippen molar-refractivity contribution >= 4 is 5.69 Å². The molecule has 25 heavy (non-hydrogen) atoms. The molecule has 0 saturated carbocycles. The smallest absolute Gasteiger partial charge is 0.146 e. The van der Waals surface area contributed by atoms with Gasteiger partial charge in [0.15, 0.2) is 0 Å². The summed E-state index contributed by atoms with van der Waals surface area (Å²) in [5, 5.41) is 9.39. The Labute approximate surface area is 146 Å². The van der Waals surface area contributed by atoms with Crippen LogP contribution in [0.1, 0.15) is 5.56 Å². The topological polar surface area (TPSA) is 48.7 Å². The van der Waals surface area contributed by atoms with E-state index in [0.717, 1.165) is 5.56 Å². The molecule has 5 nitrogen and oxygen atoms in total. The predicted octanol–water partition coefficient (Wildman–Crippen LogP) is 3.49. The van der Waals surface area contributed by atoms with E-state index in [1.54, 1.807) is 43.5 Å². The van der Waals surface area contributed by atoms with E-state index in [1.807, 2.05) is 23.1 Å². The van der Waals surface area contributed by atoms with Gasteiger partial charge in [0, 0.05) is 24.4 Å². The van der Waals surface area contributed by atoms with Gasteiger partial charge in [-0.3, -0.25) is 0 Å². The Morgan fingerprint density at radius 1 is 1.16 bits per heavy atom. The van der Waals surface area contributed by atoms with Crippen LogP contribution in [0.4, 0.5) is 10.1 Å². The fourth-order valence-electron chi connectivity index (χ4n) is 2.80. The largest absolute Gasteiger partial charge is 0.497 e. The summed E-state index contributed by atoms with van der Waals surface area (Å²) in [5.74, 6) is 1.06. The molecule has 0 atom stereocenters. The highest BCUT2D eigenvalue weighted by Crippen LogP contribution is 2.30. The maximum absolute atomic E-state index is 14.1. The van der Waals surface area contributed by atoms with E-state index in [4.69, 9.17) is 9.47 Å². The summed E-state index contributed by atoms with van der Waals surface area (Å²) in [6.45, 7) is 0.919. The lowest BCUT2D eigenvalue weighted by Gasteiger charge is -2.23. The molecule has 0 saturated heterocycles. The van der Waals surface area contributed by atoms with Gasteiger partial charge < -0.3 is 19.3 Å². The summed E-state index contributed by atoms with van der Waals surface area (Å²) < 4.78 is 24.7. The lowest BCUT2D eigenvalue weighted by molar-refractivity contribution is 0.365. The molecule has 0 N–H and O–H groups in total. The van der Waals surface area contributed by atoms with Gasteiger partial charge in [-0.2, -0.15) is 5.26 Å². The summed E-state index contributed by atoms with van der Waals surface area (Å²) in [4.78, 5) is 3.60. The van der Waals surface area contributed by atoms with Gasteiger partial charge in [0.2, 0.25) is 0 Å². The Balaban J connectivity index is 1.83. The van der Waals surface area contributed by atoms with Gasteiger partial charge in [0.25, 0.3) is 0 Å². The van der Waals surface area contributed by atoms with Gasteiger partial charge in [0.05, 0.1) is 26.6 Å². The zero-order chi connectivity index (χ0) is 17.8. The number of benzene rings is 2. The average molecular weight is 339 g/mol. The summed E-state index contributed by atoms with van der Waals surface area (Å²) in [6, 6.07) is 14.2. The third-order valence-electron chi connectivity index (χ3n) is 4.04. The van der Waals surface area contributed by atoms with Crippen molar-refractivity contribution in [3.63, 3.8) is 0 Å². The maximum atomic E-state index is 14.1. The molecular weight excluding hydrogens is 321 g/mol. The molecule has 0 fully saturated rings. The lowest BCUT2D eigenvalue weighted by atomic mass is 10.2. The molecule has 128 valence electrons. The molecule has 2 aromatic carbocycles. The minimum atomic E-state index is -0.354. The fraction of sp³-hybridized carbons (Fsp3) is 0.211. The van der Waals surface area contributed by atoms with Crippen molar-refractivity contribution in [3.8, 4) is 17.6 Å². The van der Waals surface area contributed by atoms with E-state index < -0.39 is 0 Å². The van der Waals surface area contributed by atoms with Crippen molar-refractivity contribution in [2.75, 3.05) is 25.8 Å². The SMILES string of the molecule is COc1ccc(CN2C=C(C#N)N(c3ccccc3F)C2)c(OC)c1. The van der Waals surface area contributed by atoms with Crippen LogP contribution in [0.25, 0.3) is 0 Å². The standard InChI is InChI=1S/C19H18FN3O2/c1-24-16-8-7-14(19(9-16)25-2)11-22-12-15(10-21)23(13-22)18-6-4-3-5-17(18)20/h3-9,12H,11,13H2,1-2H3. The minimum absolute atomic E-state index is 0.354. The van der Waals surface area contributed by atoms with Gasteiger partial charge in [-0.05, 0) is 24.3 Å². The second-order valence-corrected chi connectivity index (χ2v) is 5.57. The highest BCUT2D eigenvalue weighted by Gasteiger charge is 2.25. The number of anilines is 1. The van der Waals surface area contributed by atoms with E-state index in [2.05, 4.69) is 6.07 Å². The van der Waals surface area contributed by atoms with Crippen molar-refractivity contribution in [2.24, 2.45) is 0 Å². The first-order valence-corrected chi connectivity index (χ1v) is 7.75. The van der Waals surface area contributed by atoms with Crippen LogP contribution < -0.4 is 14.4 Å². The van der Waals surface area contributed by atoms with E-state index in [0.29, 0.717) is 36.1 Å². The Hall–Kier alpha value is -3.20. The predicted molar refractivity (Wildman–Crippen MR) is 92.5 cm³/mol. The summed E-state index contributed by atoms with van der Waals surface area (Å²) in [5.41, 5.74) is 1.74. The lowest BCUT2D eigenvalue weighted by Crippen LogP contribution is -2.27. The van der Waals surface area contributed by atoms with Crippen LogP contribution in [0.3, 0.4) is 0 Å². The maximum Gasteiger partial charge on any atom is 0.146 e. The van der Waals surface area contributed by atoms with Gasteiger partial charge in [-0.1, -0.05) is 12.1 Å². The molecule has 6 heteroatoms. The molecule has 1 aliphatic heterocycles. The molecule has 1 aliphatic rings. The molecule has 3 rings (SSSR count). The molecule has 0 amide bonds. The van der Waals surface area contributed by atoms with Crippen LogP contribution in [0.2, 0.25) is 0 Å². The summed E-state index contributed by atoms with van der Waals surface area (Å²) in [7, 11) is 3.20. The Morgan fingerprint density at radius 3 is 2.64 bits per heavy atom. The van der Waals surface area contributed by atoms with Crippen molar-refractivity contribution in [1.29, 1.82) is 5.26 Å². The van der Waals surface area contributed by atoms with Crippen molar-refractivity contribution in [3.05, 3.63) is 65.7 Å². The van der Waals surface area contributed by atoms with Gasteiger partial charge in [0.1, 0.15) is 29.1 Å². The number of hydrogen-bond donors (Lipinski definition) is 0. The molecule has 0 aromatic heterocycles. The van der Waals surface area contributed by atoms with E-state index in [1.165, 1.54) is 6.07 Å². The van der Waals surface area contributed by atoms with Crippen LogP contribution in [0, 0.1) is 17.1 Å². The second-order valence-electron chi connectivity index (χ2n) is 5.57. The number of nitriles is 1. The normalized spacial score (nSPS) is 13.4. The first-order chi connectivity index (χ1) is 12.2. The number of allylic oxidation sites excluding steroid dienone is 1. The number of hydrogen-bond acceptors (Lipinski definition) is 5. The van der Waals surface area contributed by atoms with Crippen LogP contribution in [0.5, 0.6) is 11.5 Å².